The van der Waals surface area contributed by atoms with Gasteiger partial charge in [0.25, 0.3) is 0 Å². The highest BCUT2D eigenvalue weighted by Crippen LogP contribution is 1.74. The van der Waals surface area contributed by atoms with Crippen molar-refractivity contribution in [1.82, 2.24) is 10.9 Å². The maximum absolute atomic E-state index is 11.4. The van der Waals surface area contributed by atoms with Crippen LogP contribution in [0.3, 0.4) is 0 Å². The Labute approximate surface area is 41.4 Å². The summed E-state index contributed by atoms with van der Waals surface area (Å²) in [6.07, 6.45) is 1.01. The number of hydrogen-bond acceptors (Lipinski definition) is 3. The molecule has 0 unspecified atom stereocenters. The molecule has 0 aliphatic carbocycles. The van der Waals surface area contributed by atoms with E-state index in [1.165, 1.54) is 0 Å². The molecule has 0 aromatic rings. The Bertz CT molecular complexity index is 66.6. The highest BCUT2D eigenvalue weighted by molar-refractivity contribution is 4.79. The van der Waals surface area contributed by atoms with E-state index in [-0.39, 0.29) is 0 Å². The predicted octanol–water partition coefficient (Wildman–Crippen LogP) is -0.563. The Balaban J connectivity index is 3.08. The van der Waals surface area contributed by atoms with Crippen molar-refractivity contribution in [1.29, 1.82) is 0 Å². The smallest absolute Gasteiger partial charge is 0.201 e. The molecule has 0 heterocycles. The van der Waals surface area contributed by atoms with Gasteiger partial charge in [0, 0.05) is 7.05 Å². The second kappa shape index (κ2) is 3.42. The second-order valence-electron chi connectivity index (χ2n) is 0.924. The molecule has 4 N–H and O–H groups in total. The van der Waals surface area contributed by atoms with E-state index in [0.717, 1.165) is 6.20 Å². The normalized spacial score (nSPS) is 11.4. The van der Waals surface area contributed by atoms with Crippen molar-refractivity contribution in [3.05, 3.63) is 12.2 Å². The molecule has 42 valence electrons. The van der Waals surface area contributed by atoms with Crippen LogP contribution in [-0.4, -0.2) is 7.05 Å². The van der Waals surface area contributed by atoms with Gasteiger partial charge in [-0.3, -0.25) is 0 Å². The van der Waals surface area contributed by atoms with Gasteiger partial charge in [-0.1, -0.05) is 0 Å². The first-order valence-corrected chi connectivity index (χ1v) is 1.81. The third-order valence-electron chi connectivity index (χ3n) is 0.354. The molecule has 0 spiro atoms. The minimum Gasteiger partial charge on any atom is -0.374 e. The van der Waals surface area contributed by atoms with Gasteiger partial charge in [-0.05, 0) is 0 Å². The third-order valence-corrected chi connectivity index (χ3v) is 0.354. The van der Waals surface area contributed by atoms with Crippen LogP contribution in [0.4, 0.5) is 4.39 Å². The number of rotatable bonds is 2. The van der Waals surface area contributed by atoms with Crippen LogP contribution in [0.25, 0.3) is 0 Å². The van der Waals surface area contributed by atoms with Gasteiger partial charge in [0.1, 0.15) is 0 Å². The Morgan fingerprint density at radius 2 is 2.43 bits per heavy atom. The molecule has 4 heteroatoms. The first kappa shape index (κ1) is 6.23. The lowest BCUT2D eigenvalue weighted by molar-refractivity contribution is 0.599. The molecule has 0 aromatic heterocycles. The molecular formula is C3H8FN3. The predicted molar refractivity (Wildman–Crippen MR) is 25.6 cm³/mol. The van der Waals surface area contributed by atoms with Gasteiger partial charge in [0.15, 0.2) is 0 Å². The molecule has 0 aromatic carbocycles. The first-order valence-electron chi connectivity index (χ1n) is 1.81. The fourth-order valence-electron chi connectivity index (χ4n) is 0.141. The maximum Gasteiger partial charge on any atom is 0.201 e. The van der Waals surface area contributed by atoms with E-state index in [2.05, 4.69) is 16.6 Å². The van der Waals surface area contributed by atoms with Crippen molar-refractivity contribution in [3.8, 4) is 0 Å². The fourth-order valence-corrected chi connectivity index (χ4v) is 0.141. The summed E-state index contributed by atoms with van der Waals surface area (Å²) in [5.41, 5.74) is 9.36. The molecule has 0 rings (SSSR count). The molecule has 0 fully saturated rings. The van der Waals surface area contributed by atoms with Crippen molar-refractivity contribution in [3.63, 3.8) is 0 Å². The molecule has 0 saturated heterocycles. The fraction of sp³-hybridized carbons (Fsp3) is 0.333. The van der Waals surface area contributed by atoms with E-state index in [0.29, 0.717) is 0 Å². The van der Waals surface area contributed by atoms with Crippen LogP contribution in [0.15, 0.2) is 12.2 Å². The van der Waals surface area contributed by atoms with Crippen LogP contribution in [-0.2, 0) is 0 Å². The van der Waals surface area contributed by atoms with E-state index in [1.807, 2.05) is 0 Å². The summed E-state index contributed by atoms with van der Waals surface area (Å²) in [6.45, 7) is 0. The first-order chi connectivity index (χ1) is 3.27. The van der Waals surface area contributed by atoms with Gasteiger partial charge in [-0.2, -0.15) is 4.39 Å². The average Bonchev–Trinajstić information content (AvgIpc) is 1.61. The average molecular weight is 105 g/mol. The number of nitrogens with two attached hydrogens (primary N) is 1. The SMILES string of the molecule is CNN/C=C(/N)F. The zero-order chi connectivity index (χ0) is 5.70. The molecule has 0 radical (unpaired) electrons. The molecule has 0 amide bonds. The van der Waals surface area contributed by atoms with Gasteiger partial charge >= 0.3 is 0 Å². The standard InChI is InChI=1S/C3H8FN3/c1-6-7-2-3(4)5/h2,6-7H,5H2,1H3/b3-2+. The van der Waals surface area contributed by atoms with Crippen LogP contribution in [0.1, 0.15) is 0 Å². The summed E-state index contributed by atoms with van der Waals surface area (Å²) in [6, 6.07) is 0. The van der Waals surface area contributed by atoms with E-state index in [1.54, 1.807) is 7.05 Å². The van der Waals surface area contributed by atoms with Crippen LogP contribution in [0, 0.1) is 0 Å². The molecule has 0 aliphatic heterocycles. The lowest BCUT2D eigenvalue weighted by Gasteiger charge is -1.91. The van der Waals surface area contributed by atoms with Gasteiger partial charge in [-0.15, -0.1) is 0 Å². The Morgan fingerprint density at radius 3 is 2.57 bits per heavy atom. The summed E-state index contributed by atoms with van der Waals surface area (Å²) < 4.78 is 11.4. The minimum atomic E-state index is -0.741. The van der Waals surface area contributed by atoms with Gasteiger partial charge in [0.2, 0.25) is 5.95 Å². The van der Waals surface area contributed by atoms with E-state index in [9.17, 15) is 4.39 Å². The quantitative estimate of drug-likeness (QED) is 0.326. The molecule has 7 heavy (non-hydrogen) atoms. The number of hydrogen-bond donors (Lipinski definition) is 3. The van der Waals surface area contributed by atoms with Crippen LogP contribution in [0.5, 0.6) is 0 Å². The topological polar surface area (TPSA) is 50.1 Å². The van der Waals surface area contributed by atoms with Crippen molar-refractivity contribution in [2.24, 2.45) is 5.73 Å². The lowest BCUT2D eigenvalue weighted by atomic mass is 10.9. The van der Waals surface area contributed by atoms with Gasteiger partial charge in [0.05, 0.1) is 6.20 Å². The summed E-state index contributed by atoms with van der Waals surface area (Å²) in [7, 11) is 1.61. The molecule has 0 atom stereocenters. The molecular weight excluding hydrogens is 97.1 g/mol. The van der Waals surface area contributed by atoms with E-state index < -0.39 is 5.95 Å². The lowest BCUT2D eigenvalue weighted by Crippen LogP contribution is -2.22. The zero-order valence-corrected chi connectivity index (χ0v) is 4.03. The van der Waals surface area contributed by atoms with Crippen LogP contribution in [0.2, 0.25) is 0 Å². The van der Waals surface area contributed by atoms with Crippen molar-refractivity contribution >= 4 is 0 Å². The highest BCUT2D eigenvalue weighted by Gasteiger charge is 1.74. The van der Waals surface area contributed by atoms with Crippen LogP contribution >= 0.6 is 0 Å². The van der Waals surface area contributed by atoms with Crippen LogP contribution < -0.4 is 16.6 Å². The summed E-state index contributed by atoms with van der Waals surface area (Å²) >= 11 is 0. The number of nitrogens with one attached hydrogen (secondary N) is 2. The Morgan fingerprint density at radius 1 is 1.86 bits per heavy atom. The molecule has 0 saturated carbocycles. The summed E-state index contributed by atoms with van der Waals surface area (Å²) in [5.74, 6) is -0.741. The van der Waals surface area contributed by atoms with Gasteiger partial charge < -0.3 is 11.2 Å². The van der Waals surface area contributed by atoms with Crippen molar-refractivity contribution in [2.45, 2.75) is 0 Å². The van der Waals surface area contributed by atoms with Gasteiger partial charge in [-0.25, -0.2) is 5.43 Å². The summed E-state index contributed by atoms with van der Waals surface area (Å²) in [5, 5.41) is 0. The largest absolute Gasteiger partial charge is 0.374 e. The molecule has 0 bridgehead atoms. The Hall–Kier alpha value is -0.770. The zero-order valence-electron chi connectivity index (χ0n) is 4.03. The molecule has 0 aliphatic rings. The monoisotopic (exact) mass is 105 g/mol. The third kappa shape index (κ3) is 5.23. The Kier molecular flexibility index (Phi) is 3.04. The second-order valence-corrected chi connectivity index (χ2v) is 0.924. The van der Waals surface area contributed by atoms with Crippen molar-refractivity contribution in [2.75, 3.05) is 7.05 Å². The number of halogens is 1. The highest BCUT2D eigenvalue weighted by atomic mass is 19.1. The van der Waals surface area contributed by atoms with E-state index in [4.69, 9.17) is 0 Å². The van der Waals surface area contributed by atoms with Crippen molar-refractivity contribution < 1.29 is 4.39 Å². The number of hydrazine groups is 1. The maximum atomic E-state index is 11.4. The minimum absolute atomic E-state index is 0.741. The molecule has 3 nitrogen and oxygen atoms in total. The van der Waals surface area contributed by atoms with E-state index >= 15 is 0 Å². The summed E-state index contributed by atoms with van der Waals surface area (Å²) in [4.78, 5) is 0.